The Labute approximate surface area is 752 Å². The maximum absolute atomic E-state index is 13.4. The molecule has 0 saturated carbocycles. The molecule has 8 aromatic carbocycles. The molecule has 4 aliphatic rings. The summed E-state index contributed by atoms with van der Waals surface area (Å²) in [6.45, 7) is 7.08. The fourth-order valence-electron chi connectivity index (χ4n) is 14.3. The summed E-state index contributed by atoms with van der Waals surface area (Å²) in [4.78, 5) is 71.9. The van der Waals surface area contributed by atoms with Crippen molar-refractivity contribution in [3.63, 3.8) is 0 Å². The second-order valence-electron chi connectivity index (χ2n) is 29.7. The lowest BCUT2D eigenvalue weighted by Gasteiger charge is -2.15. The number of aromatic nitrogens is 4. The number of H-pyrrole nitrogens is 2. The molecule has 3 aromatic heterocycles. The summed E-state index contributed by atoms with van der Waals surface area (Å²) in [5.74, 6) is 1.84. The van der Waals surface area contributed by atoms with Crippen LogP contribution >= 0.6 is 0 Å². The van der Waals surface area contributed by atoms with Gasteiger partial charge in [0.25, 0.3) is 0 Å². The number of carbonyl (C=O) groups excluding carboxylic acids is 4. The van der Waals surface area contributed by atoms with Crippen LogP contribution in [0, 0.1) is 0 Å². The van der Waals surface area contributed by atoms with E-state index in [9.17, 15) is 19.2 Å². The van der Waals surface area contributed by atoms with Crippen molar-refractivity contribution in [2.24, 2.45) is 0 Å². The molecule has 0 spiro atoms. The van der Waals surface area contributed by atoms with Crippen LogP contribution in [-0.2, 0) is 79.8 Å². The molecular formula is C102H102N4O24. The van der Waals surface area contributed by atoms with Crippen LogP contribution in [0.25, 0.3) is 90.9 Å². The maximum atomic E-state index is 13.4. The highest BCUT2D eigenvalue weighted by molar-refractivity contribution is 6.00. The van der Waals surface area contributed by atoms with Crippen LogP contribution in [0.1, 0.15) is 59.6 Å². The summed E-state index contributed by atoms with van der Waals surface area (Å²) < 4.78 is 117. The predicted octanol–water partition coefficient (Wildman–Crippen LogP) is 16.8. The van der Waals surface area contributed by atoms with E-state index in [1.165, 1.54) is 0 Å². The van der Waals surface area contributed by atoms with Crippen molar-refractivity contribution in [3.05, 3.63) is 252 Å². The molecule has 8 bridgehead atoms. The van der Waals surface area contributed by atoms with Crippen molar-refractivity contribution < 1.29 is 114 Å². The van der Waals surface area contributed by atoms with Gasteiger partial charge < -0.3 is 105 Å². The van der Waals surface area contributed by atoms with Gasteiger partial charge >= 0.3 is 23.9 Å². The zero-order valence-electron chi connectivity index (χ0n) is 72.0. The lowest BCUT2D eigenvalue weighted by molar-refractivity contribution is -0.148. The third-order valence-electron chi connectivity index (χ3n) is 20.6. The summed E-state index contributed by atoms with van der Waals surface area (Å²) in [5, 5.41) is 0. The van der Waals surface area contributed by atoms with Crippen LogP contribution in [0.5, 0.6) is 57.5 Å². The van der Waals surface area contributed by atoms with Gasteiger partial charge in [-0.1, -0.05) is 133 Å². The van der Waals surface area contributed by atoms with Gasteiger partial charge in [0.2, 0.25) is 0 Å². The number of carbonyl (C=O) groups is 4. The summed E-state index contributed by atoms with van der Waals surface area (Å²) in [5.41, 5.74) is 14.3. The van der Waals surface area contributed by atoms with Crippen LogP contribution in [-0.4, -0.2) is 202 Å². The van der Waals surface area contributed by atoms with E-state index in [4.69, 9.17) is 105 Å². The number of hydrogen-bond donors (Lipinski definition) is 2. The van der Waals surface area contributed by atoms with Crippen LogP contribution in [0.2, 0.25) is 0 Å². The first kappa shape index (κ1) is 91.1. The molecule has 0 fully saturated rings. The standard InChI is InChI=1S/C102H102N4O24/c107-95(39-41-97(109)129-77-27-37-91-93(67-77)125-65-57-117-49-47-113-53-61-121-89-17-9-7-15-87(89)119-59-51-111-43-45-115-55-63-123-91)127-69-71-19-23-75(24-20-71)101-83-33-29-79(103-83)99(73-11-3-1-4-12-73)80-30-34-84(104-80)102(86-36-32-82(106-86)100(74-13-5-2-6-14-74)81-31-35-85(101)105-81)76-25-21-72(22-26-76)70-128-96(108)40-42-98(110)130-78-28-38-92-94(68-78)126-66-58-118-50-48-114-54-62-122-90-18-10-8-16-88(90)120-60-52-112-44-46-116-56-64-124-92/h1-38,67-68,103,106H,39-66,69-70H2. The van der Waals surface area contributed by atoms with Crippen molar-refractivity contribution in [2.75, 3.05) is 159 Å². The van der Waals surface area contributed by atoms with Crippen molar-refractivity contribution in [3.8, 4) is 102 Å². The zero-order chi connectivity index (χ0) is 88.9. The van der Waals surface area contributed by atoms with Gasteiger partial charge in [-0.15, -0.1) is 0 Å². The lowest BCUT2D eigenvalue weighted by atomic mass is 10.0. The summed E-state index contributed by atoms with van der Waals surface area (Å²) in [7, 11) is 0. The Morgan fingerprint density at radius 1 is 0.246 bits per heavy atom. The molecular weight excluding hydrogens is 1670 g/mol. The third kappa shape index (κ3) is 26.7. The van der Waals surface area contributed by atoms with Gasteiger partial charge in [0.15, 0.2) is 46.0 Å². The molecule has 0 aliphatic carbocycles. The Hall–Kier alpha value is -13.7. The molecule has 0 atom stereocenters. The number of nitrogens with one attached hydrogen (secondary N) is 2. The van der Waals surface area contributed by atoms with Crippen molar-refractivity contribution in [1.82, 2.24) is 19.9 Å². The minimum Gasteiger partial charge on any atom is -0.487 e. The average molecular weight is 1770 g/mol. The fourth-order valence-corrected chi connectivity index (χ4v) is 14.3. The first-order valence-electron chi connectivity index (χ1n) is 43.4. The van der Waals surface area contributed by atoms with E-state index >= 15 is 0 Å². The molecule has 0 radical (unpaired) electrons. The van der Waals surface area contributed by atoms with Gasteiger partial charge in [-0.05, 0) is 130 Å². The number of ether oxygens (including phenoxy) is 20. The molecule has 2 N–H and O–H groups in total. The molecule has 28 heteroatoms. The van der Waals surface area contributed by atoms with E-state index in [0.717, 1.165) is 89.1 Å². The Balaban J connectivity index is 0.587. The van der Waals surface area contributed by atoms with Gasteiger partial charge in [0.05, 0.1) is 154 Å². The SMILES string of the molecule is O=C(CCC(=O)Oc1ccc2c(c1)OCCOCCOCCOc1ccccc1OCCOCCOCCO2)OCc1ccc(-c2c3nc(c(-c4ccccc4)c4ccc([nH]4)c(-c4ccc(COC(=O)CCC(=O)Oc5ccc6c(c5)OCCOCCOCCOc5ccccc5OCCOCCOCCO6)cc4)c4nc(c(-c5ccccc5)c5ccc2[nH]5)C=C4)C=C3)cc1. The van der Waals surface area contributed by atoms with Crippen molar-refractivity contribution >= 4 is 70.2 Å². The minimum absolute atomic E-state index is 0.0528. The van der Waals surface area contributed by atoms with E-state index in [1.807, 2.05) is 158 Å². The van der Waals surface area contributed by atoms with Gasteiger partial charge in [-0.2, -0.15) is 0 Å². The molecule has 674 valence electrons. The van der Waals surface area contributed by atoms with Crippen LogP contribution < -0.4 is 47.4 Å². The Morgan fingerprint density at radius 2 is 0.485 bits per heavy atom. The largest absolute Gasteiger partial charge is 0.487 e. The van der Waals surface area contributed by atoms with Gasteiger partial charge in [-0.3, -0.25) is 19.2 Å². The highest BCUT2D eigenvalue weighted by atomic mass is 16.6. The molecule has 0 saturated heterocycles. The first-order valence-corrected chi connectivity index (χ1v) is 43.4. The number of fused-ring (bicyclic) bond motifs is 12. The quantitative estimate of drug-likeness (QED) is 0.0670. The molecule has 11 aromatic rings. The molecule has 28 nitrogen and oxygen atoms in total. The number of para-hydroxylation sites is 4. The number of esters is 4. The van der Waals surface area contributed by atoms with Crippen LogP contribution in [0.4, 0.5) is 0 Å². The Morgan fingerprint density at radius 3 is 0.769 bits per heavy atom. The van der Waals surface area contributed by atoms with Crippen LogP contribution in [0.3, 0.4) is 0 Å². The molecule has 0 unspecified atom stereocenters. The van der Waals surface area contributed by atoms with Gasteiger partial charge in [0, 0.05) is 56.5 Å². The van der Waals surface area contributed by atoms with E-state index in [1.54, 1.807) is 36.4 Å². The summed E-state index contributed by atoms with van der Waals surface area (Å²) >= 11 is 0. The highest BCUT2D eigenvalue weighted by Crippen LogP contribution is 2.41. The van der Waals surface area contributed by atoms with Gasteiger partial charge in [0.1, 0.15) is 77.6 Å². The number of nitrogens with zero attached hydrogens (tertiary/aromatic N) is 2. The third-order valence-corrected chi connectivity index (χ3v) is 20.6. The van der Waals surface area contributed by atoms with E-state index in [2.05, 4.69) is 58.5 Å². The summed E-state index contributed by atoms with van der Waals surface area (Å²) in [6.07, 6.45) is 7.15. The Kier molecular flexibility index (Phi) is 34.0. The summed E-state index contributed by atoms with van der Waals surface area (Å²) in [6, 6.07) is 68.4. The molecule has 4 aliphatic heterocycles. The lowest BCUT2D eigenvalue weighted by Crippen LogP contribution is -2.16. The van der Waals surface area contributed by atoms with Crippen LogP contribution in [0.15, 0.2) is 218 Å². The number of aromatic amines is 2. The number of hydrogen-bond acceptors (Lipinski definition) is 26. The molecule has 130 heavy (non-hydrogen) atoms. The maximum Gasteiger partial charge on any atom is 0.311 e. The monoisotopic (exact) mass is 1770 g/mol. The highest BCUT2D eigenvalue weighted by Gasteiger charge is 2.23. The second kappa shape index (κ2) is 48.5. The predicted molar refractivity (Wildman–Crippen MR) is 486 cm³/mol. The normalized spacial score (nSPS) is 15.1. The molecule has 15 rings (SSSR count). The Bertz CT molecular complexity index is 5450. The molecule has 7 heterocycles. The zero-order valence-corrected chi connectivity index (χ0v) is 72.0. The smallest absolute Gasteiger partial charge is 0.311 e. The van der Waals surface area contributed by atoms with Crippen molar-refractivity contribution in [2.45, 2.75) is 38.9 Å². The first-order chi connectivity index (χ1) is 64.1. The number of benzene rings is 8. The average Bonchev–Trinajstić information content (AvgIpc) is 1.61. The van der Waals surface area contributed by atoms with E-state index < -0.39 is 23.9 Å². The minimum atomic E-state index is -0.646. The number of rotatable bonds is 16. The fraction of sp³-hybridized carbons (Fsp3) is 0.294. The van der Waals surface area contributed by atoms with E-state index in [-0.39, 0.29) is 103 Å². The van der Waals surface area contributed by atoms with Crippen molar-refractivity contribution in [1.29, 1.82) is 0 Å². The second-order valence-corrected chi connectivity index (χ2v) is 29.7. The molecule has 0 amide bonds. The van der Waals surface area contributed by atoms with E-state index in [0.29, 0.717) is 163 Å². The van der Waals surface area contributed by atoms with Gasteiger partial charge in [-0.25, -0.2) is 9.97 Å². The topological polar surface area (TPSA) is 310 Å².